The number of ether oxygens (including phenoxy) is 1. The summed E-state index contributed by atoms with van der Waals surface area (Å²) in [6.07, 6.45) is 4.50. The molecule has 0 spiro atoms. The van der Waals surface area contributed by atoms with Crippen LogP contribution in [-0.2, 0) is 13.0 Å². The van der Waals surface area contributed by atoms with Crippen molar-refractivity contribution >= 4 is 16.9 Å². The largest absolute Gasteiger partial charge is 0.497 e. The van der Waals surface area contributed by atoms with Crippen LogP contribution in [0.25, 0.3) is 11.0 Å². The summed E-state index contributed by atoms with van der Waals surface area (Å²) in [6.45, 7) is 3.23. The fourth-order valence-corrected chi connectivity index (χ4v) is 4.19. The highest BCUT2D eigenvalue weighted by atomic mass is 16.5. The molecule has 0 bridgehead atoms. The molecule has 6 heteroatoms. The van der Waals surface area contributed by atoms with Crippen LogP contribution in [0.1, 0.15) is 58.2 Å². The highest BCUT2D eigenvalue weighted by Crippen LogP contribution is 2.39. The molecule has 140 valence electrons. The number of amides is 1. The second-order valence-corrected chi connectivity index (χ2v) is 7.59. The number of aromatic nitrogens is 2. The van der Waals surface area contributed by atoms with Gasteiger partial charge in [-0.2, -0.15) is 5.10 Å². The Hall–Kier alpha value is -2.76. The molecule has 1 aliphatic carbocycles. The van der Waals surface area contributed by atoms with E-state index in [1.54, 1.807) is 7.11 Å². The smallest absolute Gasteiger partial charge is 0.290 e. The summed E-state index contributed by atoms with van der Waals surface area (Å²) in [7, 11) is 1.62. The number of rotatable bonds is 3. The average molecular weight is 365 g/mol. The molecule has 0 radical (unpaired) electrons. The van der Waals surface area contributed by atoms with Gasteiger partial charge in [0.2, 0.25) is 0 Å². The molecule has 3 heterocycles. The molecule has 2 aromatic heterocycles. The maximum atomic E-state index is 13.2. The van der Waals surface area contributed by atoms with Gasteiger partial charge in [0.15, 0.2) is 5.76 Å². The first-order chi connectivity index (χ1) is 13.2. The predicted molar refractivity (Wildman–Crippen MR) is 101 cm³/mol. The third-order valence-electron chi connectivity index (χ3n) is 6.08. The van der Waals surface area contributed by atoms with Gasteiger partial charge < -0.3 is 14.1 Å². The number of carbonyl (C=O) groups excluding carboxylic acids is 1. The number of hydrogen-bond donors (Lipinski definition) is 1. The van der Waals surface area contributed by atoms with Crippen LogP contribution < -0.4 is 4.74 Å². The van der Waals surface area contributed by atoms with E-state index in [9.17, 15) is 4.79 Å². The lowest BCUT2D eigenvalue weighted by molar-refractivity contribution is 0.0702. The van der Waals surface area contributed by atoms with Crippen LogP contribution in [0.5, 0.6) is 5.75 Å². The van der Waals surface area contributed by atoms with Crippen molar-refractivity contribution in [2.24, 2.45) is 0 Å². The Morgan fingerprint density at radius 2 is 2.22 bits per heavy atom. The van der Waals surface area contributed by atoms with Crippen LogP contribution in [0, 0.1) is 6.92 Å². The van der Waals surface area contributed by atoms with E-state index < -0.39 is 0 Å². The van der Waals surface area contributed by atoms with Crippen LogP contribution in [0.4, 0.5) is 0 Å². The lowest BCUT2D eigenvalue weighted by atomic mass is 9.81. The zero-order valence-electron chi connectivity index (χ0n) is 15.7. The minimum absolute atomic E-state index is 0.0472. The van der Waals surface area contributed by atoms with Gasteiger partial charge in [-0.1, -0.05) is 6.42 Å². The quantitative estimate of drug-likeness (QED) is 0.763. The van der Waals surface area contributed by atoms with Gasteiger partial charge in [0.1, 0.15) is 11.3 Å². The molecule has 1 amide bonds. The minimum atomic E-state index is -0.0472. The van der Waals surface area contributed by atoms with Crippen molar-refractivity contribution < 1.29 is 13.9 Å². The van der Waals surface area contributed by atoms with Crippen molar-refractivity contribution in [2.75, 3.05) is 13.7 Å². The summed E-state index contributed by atoms with van der Waals surface area (Å²) in [6, 6.07) is 5.67. The van der Waals surface area contributed by atoms with Crippen LogP contribution >= 0.6 is 0 Å². The molecule has 5 rings (SSSR count). The first-order valence-corrected chi connectivity index (χ1v) is 9.58. The van der Waals surface area contributed by atoms with Crippen molar-refractivity contribution in [1.82, 2.24) is 15.1 Å². The van der Waals surface area contributed by atoms with Gasteiger partial charge in [-0.05, 0) is 31.9 Å². The third-order valence-corrected chi connectivity index (χ3v) is 6.08. The number of H-pyrrole nitrogens is 1. The summed E-state index contributed by atoms with van der Waals surface area (Å²) < 4.78 is 11.2. The van der Waals surface area contributed by atoms with Gasteiger partial charge in [0.25, 0.3) is 5.91 Å². The Kier molecular flexibility index (Phi) is 3.74. The van der Waals surface area contributed by atoms with Gasteiger partial charge in [0, 0.05) is 53.7 Å². The Labute approximate surface area is 157 Å². The molecular weight excluding hydrogens is 342 g/mol. The molecule has 1 N–H and O–H groups in total. The lowest BCUT2D eigenvalue weighted by Crippen LogP contribution is -2.36. The van der Waals surface area contributed by atoms with Crippen LogP contribution in [-0.4, -0.2) is 34.7 Å². The number of aromatic amines is 1. The topological polar surface area (TPSA) is 71.4 Å². The second kappa shape index (κ2) is 6.15. The molecule has 0 saturated heterocycles. The maximum Gasteiger partial charge on any atom is 0.290 e. The van der Waals surface area contributed by atoms with Crippen LogP contribution in [0.2, 0.25) is 0 Å². The standard InChI is InChI=1S/C21H23N3O3/c1-12-15-7-6-14(26-2)10-18(15)27-20(12)21(25)24-9-8-17-16(11-24)19(23-22-17)13-4-3-5-13/h6-7,10,13H,3-5,8-9,11H2,1-2H3,(H,22,23). The zero-order valence-corrected chi connectivity index (χ0v) is 15.7. The van der Waals surface area contributed by atoms with Crippen molar-refractivity contribution in [3.05, 3.63) is 46.5 Å². The number of aryl methyl sites for hydroxylation is 1. The molecule has 3 aromatic rings. The van der Waals surface area contributed by atoms with E-state index in [-0.39, 0.29) is 5.91 Å². The number of carbonyl (C=O) groups is 1. The molecule has 0 atom stereocenters. The molecule has 2 aliphatic rings. The van der Waals surface area contributed by atoms with E-state index in [1.165, 1.54) is 36.2 Å². The number of benzene rings is 1. The second-order valence-electron chi connectivity index (χ2n) is 7.59. The Balaban J connectivity index is 1.45. The van der Waals surface area contributed by atoms with E-state index in [0.29, 0.717) is 30.4 Å². The minimum Gasteiger partial charge on any atom is -0.497 e. The predicted octanol–water partition coefficient (Wildman–Crippen LogP) is 3.94. The molecule has 1 aliphatic heterocycles. The summed E-state index contributed by atoms with van der Waals surface area (Å²) in [5.74, 6) is 1.66. The highest BCUT2D eigenvalue weighted by Gasteiger charge is 2.32. The van der Waals surface area contributed by atoms with Crippen LogP contribution in [0.15, 0.2) is 22.6 Å². The van der Waals surface area contributed by atoms with E-state index in [0.717, 1.165) is 23.1 Å². The zero-order chi connectivity index (χ0) is 18.5. The van der Waals surface area contributed by atoms with E-state index in [2.05, 4.69) is 10.2 Å². The maximum absolute atomic E-state index is 13.2. The number of furan rings is 1. The molecule has 1 aromatic carbocycles. The SMILES string of the molecule is COc1ccc2c(C)c(C(=O)N3CCc4[nH]nc(C5CCC5)c4C3)oc2c1. The van der Waals surface area contributed by atoms with Crippen molar-refractivity contribution in [1.29, 1.82) is 0 Å². The monoisotopic (exact) mass is 365 g/mol. The Bertz CT molecular complexity index is 1030. The van der Waals surface area contributed by atoms with E-state index >= 15 is 0 Å². The van der Waals surface area contributed by atoms with Crippen molar-refractivity contribution in [2.45, 2.75) is 45.1 Å². The molecule has 1 saturated carbocycles. The van der Waals surface area contributed by atoms with Crippen molar-refractivity contribution in [3.63, 3.8) is 0 Å². The number of nitrogens with one attached hydrogen (secondary N) is 1. The summed E-state index contributed by atoms with van der Waals surface area (Å²) in [5.41, 5.74) is 5.14. The fraction of sp³-hybridized carbons (Fsp3) is 0.429. The van der Waals surface area contributed by atoms with Crippen molar-refractivity contribution in [3.8, 4) is 5.75 Å². The summed E-state index contributed by atoms with van der Waals surface area (Å²) in [4.78, 5) is 15.1. The highest BCUT2D eigenvalue weighted by molar-refractivity contribution is 5.99. The number of nitrogens with zero attached hydrogens (tertiary/aromatic N) is 2. The Morgan fingerprint density at radius 1 is 1.37 bits per heavy atom. The molecule has 6 nitrogen and oxygen atoms in total. The van der Waals surface area contributed by atoms with Gasteiger partial charge in [-0.15, -0.1) is 0 Å². The van der Waals surface area contributed by atoms with E-state index in [4.69, 9.17) is 9.15 Å². The normalized spacial score (nSPS) is 17.0. The van der Waals surface area contributed by atoms with Crippen LogP contribution in [0.3, 0.4) is 0 Å². The molecule has 0 unspecified atom stereocenters. The summed E-state index contributed by atoms with van der Waals surface area (Å²) >= 11 is 0. The first kappa shape index (κ1) is 16.4. The Morgan fingerprint density at radius 3 is 2.96 bits per heavy atom. The lowest BCUT2D eigenvalue weighted by Gasteiger charge is -2.29. The van der Waals surface area contributed by atoms with E-state index in [1.807, 2.05) is 30.0 Å². The molecular formula is C21H23N3O3. The number of hydrogen-bond acceptors (Lipinski definition) is 4. The van der Waals surface area contributed by atoms with Gasteiger partial charge in [-0.25, -0.2) is 0 Å². The number of fused-ring (bicyclic) bond motifs is 2. The average Bonchev–Trinajstić information content (AvgIpc) is 3.20. The molecule has 27 heavy (non-hydrogen) atoms. The third kappa shape index (κ3) is 2.54. The van der Waals surface area contributed by atoms with Gasteiger partial charge >= 0.3 is 0 Å². The number of methoxy groups -OCH3 is 1. The van der Waals surface area contributed by atoms with Gasteiger partial charge in [0.05, 0.1) is 12.8 Å². The molecule has 1 fully saturated rings. The summed E-state index contributed by atoms with van der Waals surface area (Å²) in [5, 5.41) is 8.71. The first-order valence-electron chi connectivity index (χ1n) is 9.58. The van der Waals surface area contributed by atoms with Gasteiger partial charge in [-0.3, -0.25) is 9.89 Å². The fourth-order valence-electron chi connectivity index (χ4n) is 4.19.